The number of aliphatic carboxylic acids is 1. The number of nitrogens with zero attached hydrogens (tertiary/aromatic N) is 4. The molecule has 0 radical (unpaired) electrons. The zero-order valence-electron chi connectivity index (χ0n) is 20.6. The summed E-state index contributed by atoms with van der Waals surface area (Å²) in [6, 6.07) is 7.61. The maximum atomic E-state index is 12.2. The molecule has 0 aliphatic carbocycles. The summed E-state index contributed by atoms with van der Waals surface area (Å²) in [6.45, 7) is 2.57. The largest absolute Gasteiger partial charge is 1.00 e. The molecule has 37 heavy (non-hydrogen) atoms. The molecule has 3 aromatic rings. The van der Waals surface area contributed by atoms with Crippen molar-refractivity contribution in [2.24, 2.45) is 0 Å². The number of carboxylic acids is 1. The number of carbonyl (C=O) groups is 2. The topological polar surface area (TPSA) is 201 Å². The molecule has 4 rings (SSSR count). The molecule has 1 saturated heterocycles. The Balaban J connectivity index is 0.00000380. The minimum Gasteiger partial charge on any atom is -0.550 e. The second-order valence-corrected chi connectivity index (χ2v) is 8.44. The SMILES string of the molecule is CCNC(=O)C1OC(n2cnc3c(N)nc(NCCc4ccc(CCC(=O)[O-])cc4)nc32)C(O)C1O.[Na+]. The quantitative estimate of drug-likeness (QED) is 0.161. The van der Waals surface area contributed by atoms with Gasteiger partial charge in [-0.15, -0.1) is 0 Å². The molecule has 1 fully saturated rings. The number of amides is 1. The van der Waals surface area contributed by atoms with Crippen molar-refractivity contribution >= 4 is 34.8 Å². The smallest absolute Gasteiger partial charge is 0.550 e. The van der Waals surface area contributed by atoms with Crippen LogP contribution in [0, 0.1) is 0 Å². The zero-order valence-corrected chi connectivity index (χ0v) is 22.6. The third-order valence-corrected chi connectivity index (χ3v) is 5.91. The van der Waals surface area contributed by atoms with Crippen molar-refractivity contribution < 1.29 is 59.2 Å². The van der Waals surface area contributed by atoms with E-state index in [-0.39, 0.29) is 53.4 Å². The van der Waals surface area contributed by atoms with Gasteiger partial charge in [0.15, 0.2) is 23.8 Å². The van der Waals surface area contributed by atoms with Crippen molar-refractivity contribution in [2.75, 3.05) is 24.1 Å². The van der Waals surface area contributed by atoms with Crippen LogP contribution in [0.4, 0.5) is 11.8 Å². The molecule has 1 aromatic carbocycles. The number of imidazole rings is 1. The van der Waals surface area contributed by atoms with E-state index in [1.165, 1.54) is 10.9 Å². The number of aromatic nitrogens is 4. The van der Waals surface area contributed by atoms with Crippen LogP contribution >= 0.6 is 0 Å². The summed E-state index contributed by atoms with van der Waals surface area (Å²) in [7, 11) is 0. The van der Waals surface area contributed by atoms with Gasteiger partial charge in [0.2, 0.25) is 5.95 Å². The van der Waals surface area contributed by atoms with E-state index in [0.29, 0.717) is 31.4 Å². The zero-order chi connectivity index (χ0) is 25.8. The maximum Gasteiger partial charge on any atom is 1.00 e. The van der Waals surface area contributed by atoms with Crippen molar-refractivity contribution in [3.05, 3.63) is 41.7 Å². The second kappa shape index (κ2) is 12.6. The third kappa shape index (κ3) is 6.55. The number of hydrogen-bond acceptors (Lipinski definition) is 11. The van der Waals surface area contributed by atoms with Gasteiger partial charge in [-0.3, -0.25) is 9.36 Å². The van der Waals surface area contributed by atoms with Gasteiger partial charge in [0.25, 0.3) is 5.91 Å². The van der Waals surface area contributed by atoms with Crippen LogP contribution in [-0.4, -0.2) is 73.0 Å². The molecule has 1 amide bonds. The van der Waals surface area contributed by atoms with E-state index in [1.807, 2.05) is 24.3 Å². The van der Waals surface area contributed by atoms with Crippen molar-refractivity contribution in [2.45, 2.75) is 50.7 Å². The van der Waals surface area contributed by atoms with Crippen molar-refractivity contribution in [3.8, 4) is 0 Å². The first-order valence-corrected chi connectivity index (χ1v) is 11.6. The molecule has 0 saturated carbocycles. The predicted molar refractivity (Wildman–Crippen MR) is 126 cm³/mol. The fourth-order valence-corrected chi connectivity index (χ4v) is 4.02. The molecule has 13 nitrogen and oxygen atoms in total. The van der Waals surface area contributed by atoms with E-state index in [1.54, 1.807) is 6.92 Å². The maximum absolute atomic E-state index is 12.2. The number of aliphatic hydroxyl groups is 2. The first-order chi connectivity index (χ1) is 17.3. The van der Waals surface area contributed by atoms with Crippen LogP contribution in [0.5, 0.6) is 0 Å². The molecule has 1 aliphatic heterocycles. The van der Waals surface area contributed by atoms with Gasteiger partial charge in [0, 0.05) is 19.1 Å². The number of rotatable bonds is 10. The number of aryl methyl sites for hydroxylation is 1. The Kier molecular flexibility index (Phi) is 9.81. The van der Waals surface area contributed by atoms with Crippen molar-refractivity contribution in [1.82, 2.24) is 24.8 Å². The molecule has 4 atom stereocenters. The normalized spacial score (nSPS) is 20.9. The van der Waals surface area contributed by atoms with E-state index in [0.717, 1.165) is 11.1 Å². The summed E-state index contributed by atoms with van der Waals surface area (Å²) in [6.07, 6.45) is -2.76. The summed E-state index contributed by atoms with van der Waals surface area (Å²) >= 11 is 0. The van der Waals surface area contributed by atoms with Gasteiger partial charge in [-0.05, 0) is 37.3 Å². The Labute approximate surface area is 234 Å². The number of benzene rings is 1. The number of hydrogen-bond donors (Lipinski definition) is 5. The van der Waals surface area contributed by atoms with Crippen LogP contribution in [0.3, 0.4) is 0 Å². The molecule has 0 bridgehead atoms. The molecule has 4 unspecified atom stereocenters. The van der Waals surface area contributed by atoms with Crippen LogP contribution in [-0.2, 0) is 27.2 Å². The summed E-state index contributed by atoms with van der Waals surface area (Å²) in [5, 5.41) is 37.1. The van der Waals surface area contributed by atoms with E-state index in [2.05, 4.69) is 25.6 Å². The predicted octanol–water partition coefficient (Wildman–Crippen LogP) is -4.50. The monoisotopic (exact) mass is 521 g/mol. The first kappa shape index (κ1) is 28.8. The molecule has 3 heterocycles. The summed E-state index contributed by atoms with van der Waals surface area (Å²) in [5.41, 5.74) is 8.58. The van der Waals surface area contributed by atoms with Crippen LogP contribution in [0.2, 0.25) is 0 Å². The summed E-state index contributed by atoms with van der Waals surface area (Å²) in [4.78, 5) is 35.7. The van der Waals surface area contributed by atoms with Gasteiger partial charge in [-0.2, -0.15) is 9.97 Å². The number of aliphatic hydroxyl groups excluding tert-OH is 2. The van der Waals surface area contributed by atoms with E-state index in [9.17, 15) is 24.9 Å². The number of fused-ring (bicyclic) bond motifs is 1. The number of likely N-dealkylation sites (N-methyl/N-ethyl adjacent to an activating group) is 1. The van der Waals surface area contributed by atoms with Gasteiger partial charge in [0.05, 0.1) is 6.33 Å². The first-order valence-electron chi connectivity index (χ1n) is 11.6. The minimum absolute atomic E-state index is 0. The standard InChI is InChI=1S/C23H29N7O6.Na/c1-2-25-21(35)18-16(33)17(34)22(36-18)30-11-27-15-19(24)28-23(29-20(15)30)26-10-9-13-5-3-12(4-6-13)7-8-14(31)32;/h3-6,11,16-18,22,33-34H,2,7-10H2,1H3,(H,25,35)(H,31,32)(H3,24,26,28,29);/q;+1/p-1. The molecule has 14 heteroatoms. The second-order valence-electron chi connectivity index (χ2n) is 8.44. The van der Waals surface area contributed by atoms with Gasteiger partial charge >= 0.3 is 29.6 Å². The number of nitrogen functional groups attached to an aromatic ring is 1. The van der Waals surface area contributed by atoms with Crippen LogP contribution in [0.25, 0.3) is 11.2 Å². The number of nitrogens with one attached hydrogen (secondary N) is 2. The molecule has 6 N–H and O–H groups in total. The van der Waals surface area contributed by atoms with Crippen LogP contribution < -0.4 is 51.0 Å². The fraction of sp³-hybridized carbons (Fsp3) is 0.435. The van der Waals surface area contributed by atoms with Gasteiger partial charge in [0.1, 0.15) is 17.7 Å². The Morgan fingerprint density at radius 2 is 1.81 bits per heavy atom. The third-order valence-electron chi connectivity index (χ3n) is 5.91. The van der Waals surface area contributed by atoms with Gasteiger partial charge < -0.3 is 41.2 Å². The summed E-state index contributed by atoms with van der Waals surface area (Å²) in [5.74, 6) is -1.25. The molecule has 192 valence electrons. The van der Waals surface area contributed by atoms with Crippen LogP contribution in [0.15, 0.2) is 30.6 Å². The average molecular weight is 522 g/mol. The molecule has 1 aliphatic rings. The molecule has 0 spiro atoms. The molecular weight excluding hydrogens is 493 g/mol. The number of ether oxygens (including phenoxy) is 1. The molecular formula is C23H28N7NaO6. The van der Waals surface area contributed by atoms with Crippen LogP contribution in [0.1, 0.15) is 30.7 Å². The van der Waals surface area contributed by atoms with E-state index >= 15 is 0 Å². The van der Waals surface area contributed by atoms with Gasteiger partial charge in [-0.1, -0.05) is 24.3 Å². The minimum atomic E-state index is -1.43. The van der Waals surface area contributed by atoms with E-state index in [4.69, 9.17) is 10.5 Å². The number of nitrogens with two attached hydrogens (primary N) is 1. The average Bonchev–Trinajstić information content (AvgIpc) is 3.40. The number of carbonyl (C=O) groups excluding carboxylic acids is 2. The Morgan fingerprint density at radius 3 is 2.46 bits per heavy atom. The Hall–Kier alpha value is -2.81. The Morgan fingerprint density at radius 1 is 1.14 bits per heavy atom. The number of carboxylic acid groups (broad SMARTS) is 1. The van der Waals surface area contributed by atoms with Crippen molar-refractivity contribution in [3.63, 3.8) is 0 Å². The number of anilines is 2. The van der Waals surface area contributed by atoms with Gasteiger partial charge in [-0.25, -0.2) is 4.98 Å². The summed E-state index contributed by atoms with van der Waals surface area (Å²) < 4.78 is 7.08. The van der Waals surface area contributed by atoms with Crippen molar-refractivity contribution in [1.29, 1.82) is 0 Å². The van der Waals surface area contributed by atoms with E-state index < -0.39 is 36.4 Å². The fourth-order valence-electron chi connectivity index (χ4n) is 4.02. The molecule has 2 aromatic heterocycles. The Bertz CT molecular complexity index is 1240.